The summed E-state index contributed by atoms with van der Waals surface area (Å²) in [7, 11) is 0. The van der Waals surface area contributed by atoms with Crippen molar-refractivity contribution in [2.45, 2.75) is 26.2 Å². The van der Waals surface area contributed by atoms with Gasteiger partial charge in [0.1, 0.15) is 0 Å². The third kappa shape index (κ3) is 4.18. The molecule has 1 aliphatic heterocycles. The molecule has 1 saturated heterocycles. The summed E-state index contributed by atoms with van der Waals surface area (Å²) in [6.45, 7) is 5.59. The van der Waals surface area contributed by atoms with Gasteiger partial charge in [0, 0.05) is 12.1 Å². The minimum atomic E-state index is 0.629. The second-order valence-electron chi connectivity index (χ2n) is 4.60. The molecule has 100 valence electrons. The topological polar surface area (TPSA) is 43.4 Å². The van der Waals surface area contributed by atoms with Crippen LogP contribution in [0.15, 0.2) is 18.2 Å². The van der Waals surface area contributed by atoms with Crippen LogP contribution >= 0.6 is 0 Å². The highest BCUT2D eigenvalue weighted by Gasteiger charge is 2.12. The highest BCUT2D eigenvalue weighted by Crippen LogP contribution is 2.16. The Morgan fingerprint density at radius 3 is 2.89 bits per heavy atom. The molecule has 0 bridgehead atoms. The van der Waals surface area contributed by atoms with Gasteiger partial charge in [-0.15, -0.1) is 0 Å². The van der Waals surface area contributed by atoms with Gasteiger partial charge < -0.3 is 14.8 Å². The maximum absolute atomic E-state index is 5.68. The minimum absolute atomic E-state index is 0.629. The molecule has 0 aliphatic carbocycles. The molecular weight excluding hydrogens is 228 g/mol. The van der Waals surface area contributed by atoms with Crippen LogP contribution in [0.25, 0.3) is 0 Å². The second-order valence-corrected chi connectivity index (χ2v) is 4.60. The molecule has 1 N–H and O–H groups in total. The average molecular weight is 250 g/mol. The maximum atomic E-state index is 5.68. The summed E-state index contributed by atoms with van der Waals surface area (Å²) >= 11 is 0. The lowest BCUT2D eigenvalue weighted by Gasteiger charge is -2.22. The van der Waals surface area contributed by atoms with Crippen molar-refractivity contribution >= 4 is 0 Å². The molecule has 0 aromatic carbocycles. The lowest BCUT2D eigenvalue weighted by atomic mass is 9.97. The van der Waals surface area contributed by atoms with Crippen LogP contribution in [-0.4, -0.2) is 31.3 Å². The fourth-order valence-electron chi connectivity index (χ4n) is 2.21. The summed E-state index contributed by atoms with van der Waals surface area (Å²) in [5.41, 5.74) is 0. The molecule has 1 unspecified atom stereocenters. The van der Waals surface area contributed by atoms with E-state index < -0.39 is 0 Å². The van der Waals surface area contributed by atoms with Crippen LogP contribution < -0.4 is 14.8 Å². The van der Waals surface area contributed by atoms with Crippen molar-refractivity contribution in [2.24, 2.45) is 5.92 Å². The minimum Gasteiger partial charge on any atom is -0.478 e. The highest BCUT2D eigenvalue weighted by molar-refractivity contribution is 5.19. The molecule has 0 saturated carbocycles. The predicted molar refractivity (Wildman–Crippen MR) is 71.1 cm³/mol. The summed E-state index contributed by atoms with van der Waals surface area (Å²) < 4.78 is 11.0. The van der Waals surface area contributed by atoms with Crippen molar-refractivity contribution in [2.75, 3.05) is 26.3 Å². The summed E-state index contributed by atoms with van der Waals surface area (Å²) in [6.07, 6.45) is 3.68. The fourth-order valence-corrected chi connectivity index (χ4v) is 2.21. The quantitative estimate of drug-likeness (QED) is 0.841. The predicted octanol–water partition coefficient (Wildman–Crippen LogP) is 2.25. The number of pyridine rings is 1. The van der Waals surface area contributed by atoms with Crippen LogP contribution in [-0.2, 0) is 0 Å². The Morgan fingerprint density at radius 1 is 1.33 bits per heavy atom. The van der Waals surface area contributed by atoms with Gasteiger partial charge in [-0.1, -0.05) is 6.07 Å². The molecule has 0 radical (unpaired) electrons. The summed E-state index contributed by atoms with van der Waals surface area (Å²) in [5.74, 6) is 2.04. The highest BCUT2D eigenvalue weighted by atomic mass is 16.5. The molecule has 4 heteroatoms. The van der Waals surface area contributed by atoms with Gasteiger partial charge in [-0.05, 0) is 45.2 Å². The van der Waals surface area contributed by atoms with Crippen LogP contribution in [0.2, 0.25) is 0 Å². The van der Waals surface area contributed by atoms with Crippen molar-refractivity contribution in [3.05, 3.63) is 18.2 Å². The Hall–Kier alpha value is -1.29. The molecule has 1 fully saturated rings. The number of rotatable bonds is 6. The van der Waals surface area contributed by atoms with Gasteiger partial charge in [-0.2, -0.15) is 4.98 Å². The zero-order chi connectivity index (χ0) is 12.6. The number of piperidine rings is 1. The van der Waals surface area contributed by atoms with Crippen molar-refractivity contribution in [3.63, 3.8) is 0 Å². The molecule has 1 aromatic heterocycles. The van der Waals surface area contributed by atoms with Crippen molar-refractivity contribution in [1.29, 1.82) is 0 Å². The van der Waals surface area contributed by atoms with Gasteiger partial charge in [0.15, 0.2) is 0 Å². The molecule has 18 heavy (non-hydrogen) atoms. The Bertz CT molecular complexity index is 351. The number of hydrogen-bond donors (Lipinski definition) is 1. The molecule has 2 heterocycles. The SMILES string of the molecule is CCOc1cccc(OCCC2CCCNC2)n1. The largest absolute Gasteiger partial charge is 0.478 e. The van der Waals surface area contributed by atoms with E-state index in [-0.39, 0.29) is 0 Å². The lowest BCUT2D eigenvalue weighted by molar-refractivity contribution is 0.243. The van der Waals surface area contributed by atoms with E-state index in [2.05, 4.69) is 10.3 Å². The smallest absolute Gasteiger partial charge is 0.216 e. The molecule has 1 aromatic rings. The van der Waals surface area contributed by atoms with Crippen LogP contribution in [0.4, 0.5) is 0 Å². The van der Waals surface area contributed by atoms with Gasteiger partial charge >= 0.3 is 0 Å². The van der Waals surface area contributed by atoms with E-state index in [1.807, 2.05) is 25.1 Å². The average Bonchev–Trinajstić information content (AvgIpc) is 2.41. The van der Waals surface area contributed by atoms with Gasteiger partial charge in [-0.3, -0.25) is 0 Å². The lowest BCUT2D eigenvalue weighted by Crippen LogP contribution is -2.30. The summed E-state index contributed by atoms with van der Waals surface area (Å²) in [5, 5.41) is 3.42. The molecule has 1 atom stereocenters. The first-order chi connectivity index (χ1) is 8.88. The number of nitrogens with zero attached hydrogens (tertiary/aromatic N) is 1. The van der Waals surface area contributed by atoms with E-state index in [1.54, 1.807) is 0 Å². The third-order valence-corrected chi connectivity index (χ3v) is 3.17. The van der Waals surface area contributed by atoms with Gasteiger partial charge in [0.05, 0.1) is 13.2 Å². The van der Waals surface area contributed by atoms with Crippen molar-refractivity contribution in [1.82, 2.24) is 10.3 Å². The first kappa shape index (κ1) is 13.1. The molecule has 0 spiro atoms. The Labute approximate surface area is 109 Å². The monoisotopic (exact) mass is 250 g/mol. The first-order valence-corrected chi connectivity index (χ1v) is 6.82. The standard InChI is InChI=1S/C14H22N2O2/c1-2-17-13-6-3-7-14(16-13)18-10-8-12-5-4-9-15-11-12/h3,6-7,12,15H,2,4-5,8-11H2,1H3. The Balaban J connectivity index is 1.73. The maximum Gasteiger partial charge on any atom is 0.216 e. The van der Waals surface area contributed by atoms with Crippen molar-refractivity contribution in [3.8, 4) is 11.8 Å². The van der Waals surface area contributed by atoms with Crippen molar-refractivity contribution < 1.29 is 9.47 Å². The number of nitrogens with one attached hydrogen (secondary N) is 1. The molecule has 4 nitrogen and oxygen atoms in total. The zero-order valence-electron chi connectivity index (χ0n) is 11.0. The van der Waals surface area contributed by atoms with E-state index in [4.69, 9.17) is 9.47 Å². The van der Waals surface area contributed by atoms with Crippen LogP contribution in [0.5, 0.6) is 11.8 Å². The Kier molecular flexibility index (Phi) is 5.27. The Morgan fingerprint density at radius 2 is 2.17 bits per heavy atom. The van der Waals surface area contributed by atoms with E-state index >= 15 is 0 Å². The van der Waals surface area contributed by atoms with Crippen LogP contribution in [0, 0.1) is 5.92 Å². The second kappa shape index (κ2) is 7.21. The number of ether oxygens (including phenoxy) is 2. The normalized spacial score (nSPS) is 19.5. The summed E-state index contributed by atoms with van der Waals surface area (Å²) in [4.78, 5) is 4.29. The van der Waals surface area contributed by atoms with E-state index in [0.717, 1.165) is 32.0 Å². The third-order valence-electron chi connectivity index (χ3n) is 3.17. The molecule has 0 amide bonds. The number of aromatic nitrogens is 1. The number of hydrogen-bond acceptors (Lipinski definition) is 4. The van der Waals surface area contributed by atoms with Crippen LogP contribution in [0.3, 0.4) is 0 Å². The first-order valence-electron chi connectivity index (χ1n) is 6.82. The van der Waals surface area contributed by atoms with E-state index in [9.17, 15) is 0 Å². The summed E-state index contributed by atoms with van der Waals surface area (Å²) in [6, 6.07) is 5.64. The van der Waals surface area contributed by atoms with Gasteiger partial charge in [-0.25, -0.2) is 0 Å². The van der Waals surface area contributed by atoms with Gasteiger partial charge in [0.2, 0.25) is 11.8 Å². The molecular formula is C14H22N2O2. The van der Waals surface area contributed by atoms with Crippen LogP contribution in [0.1, 0.15) is 26.2 Å². The fraction of sp³-hybridized carbons (Fsp3) is 0.643. The van der Waals surface area contributed by atoms with Gasteiger partial charge in [0.25, 0.3) is 0 Å². The molecule has 1 aliphatic rings. The zero-order valence-corrected chi connectivity index (χ0v) is 11.0. The molecule has 2 rings (SSSR count). The van der Waals surface area contributed by atoms with E-state index in [1.165, 1.54) is 12.8 Å². The van der Waals surface area contributed by atoms with E-state index in [0.29, 0.717) is 18.4 Å².